The van der Waals surface area contributed by atoms with Gasteiger partial charge in [0, 0.05) is 12.1 Å². The van der Waals surface area contributed by atoms with Crippen molar-refractivity contribution in [2.24, 2.45) is 0 Å². The number of nitrogens with zero attached hydrogens (tertiary/aromatic N) is 3. The molecule has 0 spiro atoms. The molecule has 0 aliphatic carbocycles. The molecule has 0 unspecified atom stereocenters. The fraction of sp³-hybridized carbons (Fsp3) is 0.400. The normalized spacial score (nSPS) is 17.4. The molecule has 6 heteroatoms. The Balaban J connectivity index is 1.75. The van der Waals surface area contributed by atoms with Gasteiger partial charge in [0.15, 0.2) is 0 Å². The third kappa shape index (κ3) is 4.39. The summed E-state index contributed by atoms with van der Waals surface area (Å²) in [6.07, 6.45) is -0.201. The van der Waals surface area contributed by atoms with Gasteiger partial charge in [0.1, 0.15) is 11.9 Å². The molecule has 1 aliphatic rings. The number of carbonyl (C=O) groups is 1. The number of benzene rings is 1. The lowest BCUT2D eigenvalue weighted by atomic mass is 10.1. The first-order valence-electron chi connectivity index (χ1n) is 8.72. The topological polar surface area (TPSA) is 54.9 Å². The van der Waals surface area contributed by atoms with E-state index in [9.17, 15) is 4.79 Å². The lowest BCUT2D eigenvalue weighted by Crippen LogP contribution is -2.45. The monoisotopic (exact) mass is 355 g/mol. The summed E-state index contributed by atoms with van der Waals surface area (Å²) in [7, 11) is 5.45. The first kappa shape index (κ1) is 18.4. The Bertz CT molecular complexity index is 746. The molecule has 1 amide bonds. The zero-order chi connectivity index (χ0) is 18.5. The number of hydrogen-bond acceptors (Lipinski definition) is 5. The van der Waals surface area contributed by atoms with Crippen LogP contribution in [-0.2, 0) is 9.53 Å². The number of carbonyl (C=O) groups excluding carboxylic acids is 1. The Morgan fingerprint density at radius 2 is 2.04 bits per heavy atom. The summed E-state index contributed by atoms with van der Waals surface area (Å²) in [5.41, 5.74) is 2.75. The van der Waals surface area contributed by atoms with E-state index in [0.29, 0.717) is 26.2 Å². The summed E-state index contributed by atoms with van der Waals surface area (Å²) < 4.78 is 11.1. The zero-order valence-corrected chi connectivity index (χ0v) is 15.5. The molecule has 0 radical (unpaired) electrons. The summed E-state index contributed by atoms with van der Waals surface area (Å²) in [6, 6.07) is 13.7. The quantitative estimate of drug-likeness (QED) is 0.823. The van der Waals surface area contributed by atoms with Gasteiger partial charge in [0.25, 0.3) is 0 Å². The number of morpholine rings is 1. The van der Waals surface area contributed by atoms with Crippen LogP contribution >= 0.6 is 0 Å². The Labute approximate surface area is 154 Å². The van der Waals surface area contributed by atoms with Crippen LogP contribution in [0.1, 0.15) is 11.8 Å². The van der Waals surface area contributed by atoms with Gasteiger partial charge in [0.2, 0.25) is 5.91 Å². The number of rotatable bonds is 5. The van der Waals surface area contributed by atoms with E-state index < -0.39 is 0 Å². The van der Waals surface area contributed by atoms with Crippen LogP contribution < -0.4 is 4.74 Å². The van der Waals surface area contributed by atoms with Crippen molar-refractivity contribution in [1.82, 2.24) is 14.8 Å². The molecule has 138 valence electrons. The van der Waals surface area contributed by atoms with Gasteiger partial charge in [-0.15, -0.1) is 0 Å². The third-order valence-electron chi connectivity index (χ3n) is 4.36. The molecule has 1 fully saturated rings. The van der Waals surface area contributed by atoms with Crippen molar-refractivity contribution in [2.45, 2.75) is 6.10 Å². The maximum atomic E-state index is 12.3. The van der Waals surface area contributed by atoms with Crippen LogP contribution in [0.25, 0.3) is 11.3 Å². The molecule has 2 heterocycles. The van der Waals surface area contributed by atoms with Gasteiger partial charge in [-0.25, -0.2) is 4.98 Å². The zero-order valence-electron chi connectivity index (χ0n) is 15.5. The van der Waals surface area contributed by atoms with E-state index in [1.807, 2.05) is 66.4 Å². The van der Waals surface area contributed by atoms with E-state index in [2.05, 4.69) is 0 Å². The Kier molecular flexibility index (Phi) is 5.85. The van der Waals surface area contributed by atoms with Gasteiger partial charge < -0.3 is 19.3 Å². The van der Waals surface area contributed by atoms with E-state index in [4.69, 9.17) is 14.5 Å². The summed E-state index contributed by atoms with van der Waals surface area (Å²) in [5, 5.41) is 0. The van der Waals surface area contributed by atoms with Crippen LogP contribution in [0, 0.1) is 0 Å². The number of methoxy groups -OCH3 is 1. The second kappa shape index (κ2) is 8.29. The van der Waals surface area contributed by atoms with Crippen molar-refractivity contribution in [2.75, 3.05) is 47.4 Å². The highest BCUT2D eigenvalue weighted by Crippen LogP contribution is 2.25. The van der Waals surface area contributed by atoms with Gasteiger partial charge in [-0.1, -0.05) is 6.07 Å². The lowest BCUT2D eigenvalue weighted by molar-refractivity contribution is -0.139. The van der Waals surface area contributed by atoms with Crippen LogP contribution in [0.5, 0.6) is 5.75 Å². The predicted octanol–water partition coefficient (Wildman–Crippen LogP) is 2.22. The van der Waals surface area contributed by atoms with Crippen LogP contribution in [0.4, 0.5) is 0 Å². The lowest BCUT2D eigenvalue weighted by Gasteiger charge is -2.33. The highest BCUT2D eigenvalue weighted by Gasteiger charge is 2.26. The van der Waals surface area contributed by atoms with Crippen molar-refractivity contribution >= 4 is 5.91 Å². The van der Waals surface area contributed by atoms with Crippen molar-refractivity contribution in [3.8, 4) is 17.0 Å². The number of hydrogen-bond donors (Lipinski definition) is 0. The second-order valence-electron chi connectivity index (χ2n) is 6.61. The largest absolute Gasteiger partial charge is 0.497 e. The molecule has 6 nitrogen and oxygen atoms in total. The Morgan fingerprint density at radius 3 is 2.73 bits per heavy atom. The number of amides is 1. The molecular formula is C20H25N3O3. The standard InChI is InChI=1S/C20H25N3O3/c1-22(2)14-20(24)23-11-12-26-19(13-23)18-6-4-5-17(21-18)15-7-9-16(25-3)10-8-15/h4-10,19H,11-14H2,1-3H3/t19-/m1/s1. The average molecular weight is 355 g/mol. The molecule has 1 aliphatic heterocycles. The first-order chi connectivity index (χ1) is 12.6. The van der Waals surface area contributed by atoms with E-state index in [1.54, 1.807) is 7.11 Å². The molecule has 1 aromatic heterocycles. The van der Waals surface area contributed by atoms with Crippen LogP contribution in [0.15, 0.2) is 42.5 Å². The predicted molar refractivity (Wildman–Crippen MR) is 100 cm³/mol. The molecule has 0 saturated carbocycles. The molecule has 3 rings (SSSR count). The van der Waals surface area contributed by atoms with Crippen LogP contribution in [-0.4, -0.2) is 68.1 Å². The average Bonchev–Trinajstić information content (AvgIpc) is 2.68. The number of pyridine rings is 1. The van der Waals surface area contributed by atoms with E-state index in [-0.39, 0.29) is 12.0 Å². The third-order valence-corrected chi connectivity index (χ3v) is 4.36. The van der Waals surface area contributed by atoms with Crippen LogP contribution in [0.3, 0.4) is 0 Å². The molecule has 26 heavy (non-hydrogen) atoms. The number of likely N-dealkylation sites (N-methyl/N-ethyl adjacent to an activating group) is 1. The maximum Gasteiger partial charge on any atom is 0.236 e. The molecule has 2 aromatic rings. The smallest absolute Gasteiger partial charge is 0.236 e. The molecular weight excluding hydrogens is 330 g/mol. The molecule has 1 aromatic carbocycles. The maximum absolute atomic E-state index is 12.3. The SMILES string of the molecule is COc1ccc(-c2cccc([C@H]3CN(C(=O)CN(C)C)CCO3)n2)cc1. The minimum Gasteiger partial charge on any atom is -0.497 e. The minimum atomic E-state index is -0.201. The van der Waals surface area contributed by atoms with E-state index in [0.717, 1.165) is 22.7 Å². The summed E-state index contributed by atoms with van der Waals surface area (Å²) >= 11 is 0. The van der Waals surface area contributed by atoms with Crippen molar-refractivity contribution in [1.29, 1.82) is 0 Å². The summed E-state index contributed by atoms with van der Waals surface area (Å²) in [5.74, 6) is 0.935. The van der Waals surface area contributed by atoms with Crippen molar-refractivity contribution < 1.29 is 14.3 Å². The second-order valence-corrected chi connectivity index (χ2v) is 6.61. The molecule has 0 bridgehead atoms. The summed E-state index contributed by atoms with van der Waals surface area (Å²) in [6.45, 7) is 2.09. The molecule has 1 saturated heterocycles. The Hall–Kier alpha value is -2.44. The first-order valence-corrected chi connectivity index (χ1v) is 8.72. The van der Waals surface area contributed by atoms with Gasteiger partial charge >= 0.3 is 0 Å². The fourth-order valence-corrected chi connectivity index (χ4v) is 2.98. The molecule has 0 N–H and O–H groups in total. The highest BCUT2D eigenvalue weighted by atomic mass is 16.5. The molecule has 1 atom stereocenters. The summed E-state index contributed by atoms with van der Waals surface area (Å²) in [4.78, 5) is 20.8. The van der Waals surface area contributed by atoms with Crippen molar-refractivity contribution in [3.05, 3.63) is 48.2 Å². The van der Waals surface area contributed by atoms with Crippen LogP contribution in [0.2, 0.25) is 0 Å². The van der Waals surface area contributed by atoms with Gasteiger partial charge in [0.05, 0.1) is 38.2 Å². The van der Waals surface area contributed by atoms with Crippen molar-refractivity contribution in [3.63, 3.8) is 0 Å². The van der Waals surface area contributed by atoms with Gasteiger partial charge in [-0.3, -0.25) is 4.79 Å². The fourth-order valence-electron chi connectivity index (χ4n) is 2.98. The van der Waals surface area contributed by atoms with Gasteiger partial charge in [-0.05, 0) is 50.5 Å². The van der Waals surface area contributed by atoms with E-state index >= 15 is 0 Å². The number of aromatic nitrogens is 1. The highest BCUT2D eigenvalue weighted by molar-refractivity contribution is 5.78. The van der Waals surface area contributed by atoms with Gasteiger partial charge in [-0.2, -0.15) is 0 Å². The number of ether oxygens (including phenoxy) is 2. The minimum absolute atomic E-state index is 0.120. The van der Waals surface area contributed by atoms with E-state index in [1.165, 1.54) is 0 Å². The Morgan fingerprint density at radius 1 is 1.27 bits per heavy atom.